The fourth-order valence-electron chi connectivity index (χ4n) is 2.11. The Hall–Kier alpha value is -1.22. The van der Waals surface area contributed by atoms with Gasteiger partial charge in [0.25, 0.3) is 0 Å². The Labute approximate surface area is 117 Å². The van der Waals surface area contributed by atoms with E-state index < -0.39 is 0 Å². The number of aryl methyl sites for hydroxylation is 1. The molecule has 0 saturated heterocycles. The number of benzene rings is 1. The van der Waals surface area contributed by atoms with Gasteiger partial charge in [-0.15, -0.1) is 0 Å². The second kappa shape index (κ2) is 5.83. The van der Waals surface area contributed by atoms with Gasteiger partial charge in [0.1, 0.15) is 5.75 Å². The van der Waals surface area contributed by atoms with Gasteiger partial charge < -0.3 is 14.7 Å². The van der Waals surface area contributed by atoms with Gasteiger partial charge in [-0.1, -0.05) is 13.8 Å². The quantitative estimate of drug-likeness (QED) is 0.886. The van der Waals surface area contributed by atoms with Gasteiger partial charge in [-0.25, -0.2) is 0 Å². The Morgan fingerprint density at radius 2 is 1.89 bits per heavy atom. The number of rotatable bonds is 5. The summed E-state index contributed by atoms with van der Waals surface area (Å²) in [5.41, 5.74) is 3.21. The van der Waals surface area contributed by atoms with Crippen molar-refractivity contribution in [3.05, 3.63) is 23.3 Å². The van der Waals surface area contributed by atoms with E-state index in [1.165, 1.54) is 5.56 Å². The lowest BCUT2D eigenvalue weighted by atomic mass is 9.96. The second-order valence-electron chi connectivity index (χ2n) is 6.06. The normalized spacial score (nSPS) is 11.8. The monoisotopic (exact) mass is 265 g/mol. The minimum absolute atomic E-state index is 0.117. The molecular weight excluding hydrogens is 238 g/mol. The number of aliphatic hydroxyl groups excluding tert-OH is 1. The summed E-state index contributed by atoms with van der Waals surface area (Å²) in [6.45, 7) is 10.6. The van der Waals surface area contributed by atoms with Gasteiger partial charge in [0.2, 0.25) is 0 Å². The van der Waals surface area contributed by atoms with E-state index >= 15 is 0 Å². The van der Waals surface area contributed by atoms with Crippen molar-refractivity contribution in [2.45, 2.75) is 46.1 Å². The summed E-state index contributed by atoms with van der Waals surface area (Å²) in [5, 5.41) is 9.53. The molecule has 108 valence electrons. The molecule has 3 nitrogen and oxygen atoms in total. The molecule has 3 heteroatoms. The maximum absolute atomic E-state index is 9.53. The van der Waals surface area contributed by atoms with Crippen LogP contribution in [0.3, 0.4) is 0 Å². The molecule has 19 heavy (non-hydrogen) atoms. The summed E-state index contributed by atoms with van der Waals surface area (Å²) in [6, 6.07) is 4.25. The number of likely N-dealkylation sites (N-methyl/N-ethyl adjacent to an activating group) is 1. The van der Waals surface area contributed by atoms with Crippen molar-refractivity contribution in [1.29, 1.82) is 0 Å². The number of anilines is 1. The molecule has 0 heterocycles. The molecule has 0 radical (unpaired) electrons. The number of nitrogens with zero attached hydrogens (tertiary/aromatic N) is 1. The topological polar surface area (TPSA) is 32.7 Å². The molecule has 0 aliphatic carbocycles. The predicted molar refractivity (Wildman–Crippen MR) is 81.4 cm³/mol. The fraction of sp³-hybridized carbons (Fsp3) is 0.625. The average molecular weight is 265 g/mol. The summed E-state index contributed by atoms with van der Waals surface area (Å²) in [4.78, 5) is 2.13. The zero-order chi connectivity index (χ0) is 14.8. The van der Waals surface area contributed by atoms with E-state index in [4.69, 9.17) is 4.74 Å². The van der Waals surface area contributed by atoms with E-state index in [1.807, 2.05) is 20.9 Å². The highest BCUT2D eigenvalue weighted by Crippen LogP contribution is 2.35. The maximum Gasteiger partial charge on any atom is 0.122 e. The van der Waals surface area contributed by atoms with E-state index in [-0.39, 0.29) is 12.1 Å². The van der Waals surface area contributed by atoms with Gasteiger partial charge in [-0.3, -0.25) is 0 Å². The SMILES string of the molecule is COc1cc(C)c(N(C)C(C)(C)CO)cc1C(C)C. The maximum atomic E-state index is 9.53. The Balaban J connectivity index is 3.33. The number of methoxy groups -OCH3 is 1. The number of ether oxygens (including phenoxy) is 1. The molecule has 1 rings (SSSR count). The molecule has 1 aromatic carbocycles. The van der Waals surface area contributed by atoms with Crippen LogP contribution in [0.25, 0.3) is 0 Å². The van der Waals surface area contributed by atoms with Crippen LogP contribution in [0, 0.1) is 6.92 Å². The zero-order valence-electron chi connectivity index (χ0n) is 13.2. The summed E-state index contributed by atoms with van der Waals surface area (Å²) in [5.74, 6) is 1.34. The lowest BCUT2D eigenvalue weighted by Crippen LogP contribution is -2.44. The third-order valence-electron chi connectivity index (χ3n) is 3.83. The molecule has 0 spiro atoms. The van der Waals surface area contributed by atoms with Gasteiger partial charge >= 0.3 is 0 Å². The molecule has 0 aliphatic heterocycles. The standard InChI is InChI=1S/C16H27NO2/c1-11(2)13-9-14(12(3)8-15(13)19-7)17(6)16(4,5)10-18/h8-9,11,18H,10H2,1-7H3. The van der Waals surface area contributed by atoms with E-state index in [0.29, 0.717) is 5.92 Å². The van der Waals surface area contributed by atoms with Crippen molar-refractivity contribution < 1.29 is 9.84 Å². The van der Waals surface area contributed by atoms with E-state index in [1.54, 1.807) is 7.11 Å². The summed E-state index contributed by atoms with van der Waals surface area (Å²) in [7, 11) is 3.73. The number of aliphatic hydroxyl groups is 1. The van der Waals surface area contributed by atoms with Gasteiger partial charge in [0.15, 0.2) is 0 Å². The Morgan fingerprint density at radius 1 is 1.32 bits per heavy atom. The van der Waals surface area contributed by atoms with Crippen LogP contribution in [-0.4, -0.2) is 31.4 Å². The van der Waals surface area contributed by atoms with Crippen LogP contribution in [0.4, 0.5) is 5.69 Å². The lowest BCUT2D eigenvalue weighted by Gasteiger charge is -2.37. The van der Waals surface area contributed by atoms with Gasteiger partial charge in [0, 0.05) is 12.7 Å². The van der Waals surface area contributed by atoms with E-state index in [9.17, 15) is 5.11 Å². The highest BCUT2D eigenvalue weighted by molar-refractivity contribution is 5.60. The first-order valence-electron chi connectivity index (χ1n) is 6.77. The molecule has 0 aliphatic rings. The van der Waals surface area contributed by atoms with Crippen molar-refractivity contribution >= 4 is 5.69 Å². The lowest BCUT2D eigenvalue weighted by molar-refractivity contribution is 0.216. The molecule has 1 aromatic rings. The van der Waals surface area contributed by atoms with Gasteiger partial charge in [0.05, 0.1) is 19.3 Å². The van der Waals surface area contributed by atoms with Crippen LogP contribution in [-0.2, 0) is 0 Å². The highest BCUT2D eigenvalue weighted by Gasteiger charge is 2.25. The number of hydrogen-bond acceptors (Lipinski definition) is 3. The third kappa shape index (κ3) is 3.21. The van der Waals surface area contributed by atoms with Crippen molar-refractivity contribution in [2.24, 2.45) is 0 Å². The molecule has 0 saturated carbocycles. The largest absolute Gasteiger partial charge is 0.496 e. The molecule has 0 aromatic heterocycles. The smallest absolute Gasteiger partial charge is 0.122 e. The van der Waals surface area contributed by atoms with Crippen LogP contribution in [0.1, 0.15) is 44.7 Å². The van der Waals surface area contributed by atoms with Crippen molar-refractivity contribution in [1.82, 2.24) is 0 Å². The number of hydrogen-bond donors (Lipinski definition) is 1. The third-order valence-corrected chi connectivity index (χ3v) is 3.83. The van der Waals surface area contributed by atoms with Crippen molar-refractivity contribution in [3.63, 3.8) is 0 Å². The van der Waals surface area contributed by atoms with Crippen LogP contribution >= 0.6 is 0 Å². The Morgan fingerprint density at radius 3 is 2.32 bits per heavy atom. The molecular formula is C16H27NO2. The predicted octanol–water partition coefficient (Wildman–Crippen LogP) is 3.33. The summed E-state index contributed by atoms with van der Waals surface area (Å²) in [6.07, 6.45) is 0. The second-order valence-corrected chi connectivity index (χ2v) is 6.06. The molecule has 0 unspecified atom stereocenters. The van der Waals surface area contributed by atoms with Crippen LogP contribution in [0.5, 0.6) is 5.75 Å². The Bertz CT molecular complexity index is 439. The van der Waals surface area contributed by atoms with Gasteiger partial charge in [-0.05, 0) is 49.9 Å². The first kappa shape index (κ1) is 15.8. The molecule has 0 amide bonds. The molecule has 1 N–H and O–H groups in total. The highest BCUT2D eigenvalue weighted by atomic mass is 16.5. The van der Waals surface area contributed by atoms with Crippen molar-refractivity contribution in [3.8, 4) is 5.75 Å². The summed E-state index contributed by atoms with van der Waals surface area (Å²) < 4.78 is 5.47. The van der Waals surface area contributed by atoms with Crippen molar-refractivity contribution in [2.75, 3.05) is 25.7 Å². The zero-order valence-corrected chi connectivity index (χ0v) is 13.2. The minimum Gasteiger partial charge on any atom is -0.496 e. The minimum atomic E-state index is -0.284. The summed E-state index contributed by atoms with van der Waals surface area (Å²) >= 11 is 0. The van der Waals surface area contributed by atoms with E-state index in [0.717, 1.165) is 17.0 Å². The van der Waals surface area contributed by atoms with Crippen LogP contribution in [0.15, 0.2) is 12.1 Å². The van der Waals surface area contributed by atoms with Gasteiger partial charge in [-0.2, -0.15) is 0 Å². The first-order valence-corrected chi connectivity index (χ1v) is 6.77. The molecule has 0 bridgehead atoms. The molecule has 0 atom stereocenters. The Kier molecular flexibility index (Phi) is 4.86. The van der Waals surface area contributed by atoms with Crippen LogP contribution in [0.2, 0.25) is 0 Å². The molecule has 0 fully saturated rings. The average Bonchev–Trinajstić information content (AvgIpc) is 2.37. The van der Waals surface area contributed by atoms with E-state index in [2.05, 4.69) is 37.8 Å². The van der Waals surface area contributed by atoms with Crippen LogP contribution < -0.4 is 9.64 Å². The fourth-order valence-corrected chi connectivity index (χ4v) is 2.11. The first-order chi connectivity index (χ1) is 8.74.